The molecule has 0 aliphatic rings. The molecule has 1 aromatic heterocycles. The molecule has 26 heavy (non-hydrogen) atoms. The van der Waals surface area contributed by atoms with Crippen LogP contribution in [0.15, 0.2) is 36.5 Å². The van der Waals surface area contributed by atoms with Gasteiger partial charge in [-0.15, -0.1) is 0 Å². The highest BCUT2D eigenvalue weighted by Crippen LogP contribution is 2.19. The lowest BCUT2D eigenvalue weighted by Crippen LogP contribution is -2.44. The lowest BCUT2D eigenvalue weighted by atomic mass is 10.1. The van der Waals surface area contributed by atoms with Gasteiger partial charge in [-0.05, 0) is 45.0 Å². The predicted octanol–water partition coefficient (Wildman–Crippen LogP) is 3.28. The van der Waals surface area contributed by atoms with Crippen molar-refractivity contribution in [2.45, 2.75) is 38.8 Å². The van der Waals surface area contributed by atoms with E-state index in [0.29, 0.717) is 5.69 Å². The van der Waals surface area contributed by atoms with Gasteiger partial charge in [0.05, 0.1) is 5.69 Å². The monoisotopic (exact) mass is 366 g/mol. The fourth-order valence-corrected chi connectivity index (χ4v) is 2.35. The highest BCUT2D eigenvalue weighted by atomic mass is 19.1. The predicted molar refractivity (Wildman–Crippen MR) is 90.2 cm³/mol. The van der Waals surface area contributed by atoms with Gasteiger partial charge >= 0.3 is 12.1 Å². The average molecular weight is 366 g/mol. The molecule has 2 rings (SSSR count). The summed E-state index contributed by atoms with van der Waals surface area (Å²) in [5, 5.41) is 11.7. The maximum atomic E-state index is 14.0. The van der Waals surface area contributed by atoms with Gasteiger partial charge < -0.3 is 19.7 Å². The molecule has 1 heterocycles. The van der Waals surface area contributed by atoms with Crippen LogP contribution in [0.3, 0.4) is 0 Å². The van der Waals surface area contributed by atoms with Crippen LogP contribution in [0.4, 0.5) is 13.6 Å². The molecule has 0 radical (unpaired) electrons. The van der Waals surface area contributed by atoms with Gasteiger partial charge in [0.2, 0.25) is 0 Å². The van der Waals surface area contributed by atoms with Gasteiger partial charge in [-0.2, -0.15) is 0 Å². The van der Waals surface area contributed by atoms with E-state index < -0.39 is 35.3 Å². The van der Waals surface area contributed by atoms with Crippen LogP contribution < -0.4 is 5.32 Å². The standard InChI is InChI=1S/C18H20F2N2O4/c1-18(2,3)26-17(25)21-14(16(23)24)10-12-5-4-8-22(12)15-7-6-11(19)9-13(15)20/h4-9,14H,10H2,1-3H3,(H,21,25)(H,23,24). The second-order valence-electron chi connectivity index (χ2n) is 6.71. The Morgan fingerprint density at radius 3 is 2.54 bits per heavy atom. The zero-order chi connectivity index (χ0) is 19.5. The second-order valence-corrected chi connectivity index (χ2v) is 6.71. The third kappa shape index (κ3) is 5.05. The Balaban J connectivity index is 2.22. The van der Waals surface area contributed by atoms with Crippen molar-refractivity contribution in [3.8, 4) is 5.69 Å². The molecule has 2 N–H and O–H groups in total. The van der Waals surface area contributed by atoms with Crippen LogP contribution in [-0.4, -0.2) is 33.4 Å². The number of ether oxygens (including phenoxy) is 1. The normalized spacial score (nSPS) is 12.5. The van der Waals surface area contributed by atoms with Gasteiger partial charge in [-0.3, -0.25) is 0 Å². The van der Waals surface area contributed by atoms with Crippen molar-refractivity contribution in [2.24, 2.45) is 0 Å². The fourth-order valence-electron chi connectivity index (χ4n) is 2.35. The largest absolute Gasteiger partial charge is 0.480 e. The number of hydrogen-bond acceptors (Lipinski definition) is 3. The maximum absolute atomic E-state index is 14.0. The maximum Gasteiger partial charge on any atom is 0.408 e. The van der Waals surface area contributed by atoms with Crippen molar-refractivity contribution in [1.29, 1.82) is 0 Å². The van der Waals surface area contributed by atoms with Gasteiger partial charge in [0.1, 0.15) is 23.3 Å². The highest BCUT2D eigenvalue weighted by molar-refractivity contribution is 5.80. The number of amides is 1. The molecule has 6 nitrogen and oxygen atoms in total. The molecule has 0 spiro atoms. The number of benzene rings is 1. The Morgan fingerprint density at radius 2 is 1.96 bits per heavy atom. The SMILES string of the molecule is CC(C)(C)OC(=O)NC(Cc1cccn1-c1ccc(F)cc1F)C(=O)O. The summed E-state index contributed by atoms with van der Waals surface area (Å²) in [4.78, 5) is 23.3. The smallest absolute Gasteiger partial charge is 0.408 e. The number of carboxylic acids is 1. The van der Waals surface area contributed by atoms with Crippen LogP contribution in [0.2, 0.25) is 0 Å². The molecule has 1 atom stereocenters. The summed E-state index contributed by atoms with van der Waals surface area (Å²) in [6, 6.07) is 5.02. The van der Waals surface area contributed by atoms with E-state index >= 15 is 0 Å². The Hall–Kier alpha value is -2.90. The number of hydrogen-bond donors (Lipinski definition) is 2. The van der Waals surface area contributed by atoms with E-state index in [2.05, 4.69) is 5.32 Å². The Bertz CT molecular complexity index is 812. The zero-order valence-corrected chi connectivity index (χ0v) is 14.6. The van der Waals surface area contributed by atoms with Gasteiger partial charge in [0.25, 0.3) is 0 Å². The van der Waals surface area contributed by atoms with Crippen molar-refractivity contribution in [3.05, 3.63) is 53.9 Å². The van der Waals surface area contributed by atoms with Crippen molar-refractivity contribution in [1.82, 2.24) is 9.88 Å². The minimum Gasteiger partial charge on any atom is -0.480 e. The van der Waals surface area contributed by atoms with Crippen LogP contribution in [0.25, 0.3) is 5.69 Å². The molecule has 0 aliphatic carbocycles. The number of carboxylic acid groups (broad SMARTS) is 1. The number of aromatic nitrogens is 1. The third-order valence-electron chi connectivity index (χ3n) is 3.40. The second kappa shape index (κ2) is 7.55. The summed E-state index contributed by atoms with van der Waals surface area (Å²) in [7, 11) is 0. The number of halogens is 2. The number of carbonyl (C=O) groups is 2. The summed E-state index contributed by atoms with van der Waals surface area (Å²) in [5.74, 6) is -2.76. The first-order chi connectivity index (χ1) is 12.1. The van der Waals surface area contributed by atoms with Crippen molar-refractivity contribution < 1.29 is 28.2 Å². The molecule has 140 valence electrons. The van der Waals surface area contributed by atoms with E-state index in [-0.39, 0.29) is 12.1 Å². The van der Waals surface area contributed by atoms with E-state index in [0.717, 1.165) is 12.1 Å². The van der Waals surface area contributed by atoms with E-state index in [1.165, 1.54) is 16.8 Å². The molecule has 1 aromatic carbocycles. The highest BCUT2D eigenvalue weighted by Gasteiger charge is 2.25. The topological polar surface area (TPSA) is 80.6 Å². The molecular formula is C18H20F2N2O4. The Labute approximate surface area is 149 Å². The minimum absolute atomic E-state index is 0.0767. The molecule has 8 heteroatoms. The first-order valence-corrected chi connectivity index (χ1v) is 7.91. The Kier molecular flexibility index (Phi) is 5.64. The van der Waals surface area contributed by atoms with Gasteiger partial charge in [-0.25, -0.2) is 18.4 Å². The molecule has 2 aromatic rings. The van der Waals surface area contributed by atoms with Gasteiger partial charge in [0.15, 0.2) is 0 Å². The van der Waals surface area contributed by atoms with Crippen molar-refractivity contribution in [2.75, 3.05) is 0 Å². The minimum atomic E-state index is -1.28. The number of aliphatic carboxylic acids is 1. The molecule has 1 unspecified atom stereocenters. The van der Waals surface area contributed by atoms with E-state index in [1.807, 2.05) is 0 Å². The van der Waals surface area contributed by atoms with Crippen molar-refractivity contribution >= 4 is 12.1 Å². The third-order valence-corrected chi connectivity index (χ3v) is 3.40. The number of rotatable bonds is 5. The van der Waals surface area contributed by atoms with Crippen LogP contribution in [-0.2, 0) is 16.0 Å². The Morgan fingerprint density at radius 1 is 1.27 bits per heavy atom. The summed E-state index contributed by atoms with van der Waals surface area (Å²) < 4.78 is 33.6. The molecule has 0 saturated carbocycles. The first-order valence-electron chi connectivity index (χ1n) is 7.91. The fraction of sp³-hybridized carbons (Fsp3) is 0.333. The van der Waals surface area contributed by atoms with Gasteiger partial charge in [0, 0.05) is 24.4 Å². The number of carbonyl (C=O) groups excluding carboxylic acids is 1. The lowest BCUT2D eigenvalue weighted by molar-refractivity contribution is -0.139. The van der Waals surface area contributed by atoms with E-state index in [9.17, 15) is 23.5 Å². The van der Waals surface area contributed by atoms with E-state index in [1.54, 1.807) is 32.9 Å². The summed E-state index contributed by atoms with van der Waals surface area (Å²) in [6.07, 6.45) is 0.548. The van der Waals surface area contributed by atoms with E-state index in [4.69, 9.17) is 4.74 Å². The number of nitrogens with zero attached hydrogens (tertiary/aromatic N) is 1. The van der Waals surface area contributed by atoms with Crippen LogP contribution in [0.1, 0.15) is 26.5 Å². The van der Waals surface area contributed by atoms with Crippen molar-refractivity contribution in [3.63, 3.8) is 0 Å². The summed E-state index contributed by atoms with van der Waals surface area (Å²) in [5.41, 5.74) is -0.267. The molecule has 0 fully saturated rings. The molecule has 1 amide bonds. The zero-order valence-electron chi connectivity index (χ0n) is 14.6. The van der Waals surface area contributed by atoms with Crippen LogP contribution in [0.5, 0.6) is 0 Å². The number of nitrogens with one attached hydrogen (secondary N) is 1. The molecular weight excluding hydrogens is 346 g/mol. The quantitative estimate of drug-likeness (QED) is 0.851. The molecule has 0 bridgehead atoms. The lowest BCUT2D eigenvalue weighted by Gasteiger charge is -2.22. The first kappa shape index (κ1) is 19.4. The molecule has 0 saturated heterocycles. The van der Waals surface area contributed by atoms with Crippen LogP contribution in [0, 0.1) is 11.6 Å². The molecule has 0 aliphatic heterocycles. The summed E-state index contributed by atoms with van der Waals surface area (Å²) in [6.45, 7) is 4.97. The summed E-state index contributed by atoms with van der Waals surface area (Å²) >= 11 is 0. The van der Waals surface area contributed by atoms with Crippen LogP contribution >= 0.6 is 0 Å². The average Bonchev–Trinajstić information content (AvgIpc) is 2.92. The van der Waals surface area contributed by atoms with Gasteiger partial charge in [-0.1, -0.05) is 0 Å². The number of alkyl carbamates (subject to hydrolysis) is 1.